The van der Waals surface area contributed by atoms with Crippen LogP contribution in [0.15, 0.2) is 58.1 Å². The van der Waals surface area contributed by atoms with E-state index in [1.165, 1.54) is 31.2 Å². The minimum Gasteiger partial charge on any atom is -0.495 e. The van der Waals surface area contributed by atoms with Gasteiger partial charge in [-0.1, -0.05) is 47.1 Å². The Balaban J connectivity index is 1.50. The van der Waals surface area contributed by atoms with Crippen molar-refractivity contribution in [2.45, 2.75) is 13.0 Å². The van der Waals surface area contributed by atoms with Crippen LogP contribution < -0.4 is 20.3 Å². The third-order valence-corrected chi connectivity index (χ3v) is 5.12. The van der Waals surface area contributed by atoms with Crippen LogP contribution in [0.25, 0.3) is 22.4 Å². The third kappa shape index (κ3) is 4.15. The number of hydrogen-bond donors (Lipinski definition) is 1. The van der Waals surface area contributed by atoms with Gasteiger partial charge in [-0.15, -0.1) is 0 Å². The Morgan fingerprint density at radius 3 is 2.62 bits per heavy atom. The molecule has 164 valence electrons. The van der Waals surface area contributed by atoms with Crippen molar-refractivity contribution in [2.75, 3.05) is 19.5 Å². The minimum absolute atomic E-state index is 0.0135. The van der Waals surface area contributed by atoms with Crippen LogP contribution in [0.3, 0.4) is 0 Å². The summed E-state index contributed by atoms with van der Waals surface area (Å²) >= 11 is 6.14. The fourth-order valence-corrected chi connectivity index (χ4v) is 3.43. The summed E-state index contributed by atoms with van der Waals surface area (Å²) < 4.78 is 17.0. The third-order valence-electron chi connectivity index (χ3n) is 4.82. The lowest BCUT2D eigenvalue weighted by Gasteiger charge is -2.13. The molecule has 0 atom stereocenters. The Kier molecular flexibility index (Phi) is 6.09. The van der Waals surface area contributed by atoms with E-state index in [4.69, 9.17) is 25.6 Å². The van der Waals surface area contributed by atoms with Gasteiger partial charge in [-0.2, -0.15) is 0 Å². The van der Waals surface area contributed by atoms with E-state index in [1.54, 1.807) is 6.07 Å². The number of nitrogens with one attached hydrogen (secondary N) is 1. The predicted molar refractivity (Wildman–Crippen MR) is 119 cm³/mol. The van der Waals surface area contributed by atoms with Crippen LogP contribution in [-0.2, 0) is 11.3 Å². The largest absolute Gasteiger partial charge is 0.495 e. The smallest absolute Gasteiger partial charge is 0.299 e. The van der Waals surface area contributed by atoms with E-state index in [0.717, 1.165) is 5.56 Å². The lowest BCUT2D eigenvalue weighted by Crippen LogP contribution is -2.23. The number of rotatable bonds is 7. The molecule has 1 amide bonds. The molecule has 0 fully saturated rings. The number of carbonyl (C=O) groups excluding carboxylic acids is 1. The molecule has 4 aromatic rings. The highest BCUT2D eigenvalue weighted by atomic mass is 35.5. The first-order valence-corrected chi connectivity index (χ1v) is 10.0. The lowest BCUT2D eigenvalue weighted by atomic mass is 10.1. The number of methoxy groups -OCH3 is 2. The lowest BCUT2D eigenvalue weighted by molar-refractivity contribution is -0.116. The second kappa shape index (κ2) is 9.11. The Morgan fingerprint density at radius 2 is 1.91 bits per heavy atom. The number of amides is 1. The zero-order valence-corrected chi connectivity index (χ0v) is 18.0. The summed E-state index contributed by atoms with van der Waals surface area (Å²) in [5.74, 6) is 0.489. The number of anilines is 1. The normalized spacial score (nSPS) is 10.8. The second-order valence-electron chi connectivity index (χ2n) is 6.80. The first-order valence-electron chi connectivity index (χ1n) is 9.63. The van der Waals surface area contributed by atoms with Gasteiger partial charge < -0.3 is 19.3 Å². The highest BCUT2D eigenvalue weighted by Gasteiger charge is 2.17. The van der Waals surface area contributed by atoms with Gasteiger partial charge in [-0.3, -0.25) is 14.2 Å². The summed E-state index contributed by atoms with van der Waals surface area (Å²) in [7, 11) is 2.96. The quantitative estimate of drug-likeness (QED) is 0.453. The summed E-state index contributed by atoms with van der Waals surface area (Å²) in [5.41, 5.74) is 1.68. The number of aromatic nitrogens is 3. The summed E-state index contributed by atoms with van der Waals surface area (Å²) in [6, 6.07) is 12.4. The van der Waals surface area contributed by atoms with Crippen molar-refractivity contribution in [2.24, 2.45) is 0 Å². The molecule has 9 nitrogen and oxygen atoms in total. The first kappa shape index (κ1) is 21.4. The Morgan fingerprint density at radius 1 is 1.16 bits per heavy atom. The van der Waals surface area contributed by atoms with E-state index >= 15 is 0 Å². The zero-order valence-electron chi connectivity index (χ0n) is 17.3. The molecule has 2 heterocycles. The molecule has 0 saturated heterocycles. The molecule has 0 spiro atoms. The number of halogens is 1. The average Bonchev–Trinajstić information content (AvgIpc) is 3.24. The molecule has 32 heavy (non-hydrogen) atoms. The highest BCUT2D eigenvalue weighted by molar-refractivity contribution is 6.32. The van der Waals surface area contributed by atoms with Gasteiger partial charge in [-0.05, 0) is 6.07 Å². The van der Waals surface area contributed by atoms with Crippen LogP contribution >= 0.6 is 11.6 Å². The summed E-state index contributed by atoms with van der Waals surface area (Å²) in [6.07, 6.45) is 1.39. The van der Waals surface area contributed by atoms with Crippen molar-refractivity contribution in [1.82, 2.24) is 14.7 Å². The van der Waals surface area contributed by atoms with Crippen LogP contribution in [0, 0.1) is 0 Å². The summed E-state index contributed by atoms with van der Waals surface area (Å²) in [4.78, 5) is 29.6. The van der Waals surface area contributed by atoms with E-state index in [2.05, 4.69) is 15.5 Å². The van der Waals surface area contributed by atoms with E-state index in [9.17, 15) is 9.59 Å². The van der Waals surface area contributed by atoms with Crippen molar-refractivity contribution in [1.29, 1.82) is 0 Å². The molecular formula is C22H19ClN4O5. The van der Waals surface area contributed by atoms with E-state index < -0.39 is 5.56 Å². The van der Waals surface area contributed by atoms with Crippen molar-refractivity contribution < 1.29 is 18.8 Å². The van der Waals surface area contributed by atoms with Gasteiger partial charge in [-0.25, -0.2) is 4.98 Å². The number of fused-ring (bicyclic) bond motifs is 1. The molecule has 0 radical (unpaired) electrons. The fraction of sp³-hybridized carbons (Fsp3) is 0.182. The van der Waals surface area contributed by atoms with Gasteiger partial charge in [0, 0.05) is 24.6 Å². The molecule has 0 saturated carbocycles. The molecule has 0 aliphatic heterocycles. The number of hydrogen-bond acceptors (Lipinski definition) is 7. The number of nitrogens with zero attached hydrogens (tertiary/aromatic N) is 3. The van der Waals surface area contributed by atoms with Gasteiger partial charge >= 0.3 is 0 Å². The van der Waals surface area contributed by atoms with Crippen LogP contribution in [-0.4, -0.2) is 34.8 Å². The van der Waals surface area contributed by atoms with Crippen molar-refractivity contribution in [3.05, 3.63) is 64.2 Å². The van der Waals surface area contributed by atoms with Crippen molar-refractivity contribution in [3.63, 3.8) is 0 Å². The van der Waals surface area contributed by atoms with E-state index in [-0.39, 0.29) is 24.5 Å². The molecule has 0 unspecified atom stereocenters. The zero-order chi connectivity index (χ0) is 22.7. The van der Waals surface area contributed by atoms with Crippen LogP contribution in [0.2, 0.25) is 5.02 Å². The second-order valence-corrected chi connectivity index (χ2v) is 7.21. The molecule has 0 aliphatic rings. The van der Waals surface area contributed by atoms with Crippen LogP contribution in [0.5, 0.6) is 11.5 Å². The highest BCUT2D eigenvalue weighted by Crippen LogP contribution is 2.36. The Labute approximate surface area is 187 Å². The molecule has 0 aliphatic carbocycles. The van der Waals surface area contributed by atoms with Crippen LogP contribution in [0.4, 0.5) is 5.69 Å². The van der Waals surface area contributed by atoms with Gasteiger partial charge in [0.05, 0.1) is 31.3 Å². The first-order chi connectivity index (χ1) is 15.5. The SMILES string of the molecule is COc1cc(OC)c(NC(=O)CCn2cnc3c(-c4ccccc4)noc3c2=O)cc1Cl. The summed E-state index contributed by atoms with van der Waals surface area (Å²) in [5, 5.41) is 7.05. The molecule has 2 aromatic heterocycles. The van der Waals surface area contributed by atoms with E-state index in [0.29, 0.717) is 33.4 Å². The molecule has 1 N–H and O–H groups in total. The molecule has 2 aromatic carbocycles. The summed E-state index contributed by atoms with van der Waals surface area (Å²) in [6.45, 7) is 0.0984. The van der Waals surface area contributed by atoms with Gasteiger partial charge in [0.1, 0.15) is 22.7 Å². The standard InChI is InChI=1S/C22H19ClN4O5/c1-30-16-11-17(31-2)15(10-14(16)23)25-18(28)8-9-27-12-24-20-19(13-6-4-3-5-7-13)26-32-21(20)22(27)29/h3-7,10-12H,8-9H2,1-2H3,(H,25,28). The van der Waals surface area contributed by atoms with Crippen molar-refractivity contribution in [3.8, 4) is 22.8 Å². The predicted octanol–water partition coefficient (Wildman–Crippen LogP) is 3.75. The Bertz CT molecular complexity index is 1330. The average molecular weight is 455 g/mol. The van der Waals surface area contributed by atoms with Crippen LogP contribution in [0.1, 0.15) is 6.42 Å². The van der Waals surface area contributed by atoms with Gasteiger partial charge in [0.15, 0.2) is 0 Å². The van der Waals surface area contributed by atoms with Gasteiger partial charge in [0.2, 0.25) is 5.91 Å². The maximum absolute atomic E-state index is 12.8. The van der Waals surface area contributed by atoms with E-state index in [1.807, 2.05) is 30.3 Å². The monoisotopic (exact) mass is 454 g/mol. The number of ether oxygens (including phenoxy) is 2. The maximum Gasteiger partial charge on any atom is 0.299 e. The molecule has 4 rings (SSSR count). The number of carbonyl (C=O) groups is 1. The fourth-order valence-electron chi connectivity index (χ4n) is 3.19. The molecular weight excluding hydrogens is 436 g/mol. The van der Waals surface area contributed by atoms with Crippen molar-refractivity contribution >= 4 is 34.3 Å². The topological polar surface area (TPSA) is 108 Å². The minimum atomic E-state index is -0.414. The Hall–Kier alpha value is -3.85. The maximum atomic E-state index is 12.8. The molecule has 0 bridgehead atoms. The molecule has 10 heteroatoms. The van der Waals surface area contributed by atoms with Gasteiger partial charge in [0.25, 0.3) is 11.1 Å². The number of aryl methyl sites for hydroxylation is 1. The number of benzene rings is 2.